The SMILES string of the molecule is COc1ccc(-c2nnc(SCC(=O)Nc3cc(C)on3)n2CC2CCCO2)cc1. The van der Waals surface area contributed by atoms with Crippen molar-refractivity contribution in [1.29, 1.82) is 0 Å². The highest BCUT2D eigenvalue weighted by Crippen LogP contribution is 2.27. The van der Waals surface area contributed by atoms with E-state index in [-0.39, 0.29) is 17.8 Å². The molecule has 1 unspecified atom stereocenters. The Hall–Kier alpha value is -2.85. The highest BCUT2D eigenvalue weighted by molar-refractivity contribution is 7.99. The summed E-state index contributed by atoms with van der Waals surface area (Å²) in [5.74, 6) is 2.54. The molecule has 1 fully saturated rings. The van der Waals surface area contributed by atoms with E-state index in [0.717, 1.165) is 36.6 Å². The van der Waals surface area contributed by atoms with Crippen LogP contribution in [-0.2, 0) is 16.1 Å². The molecule has 1 aliphatic heterocycles. The normalized spacial score (nSPS) is 16.0. The van der Waals surface area contributed by atoms with E-state index >= 15 is 0 Å². The lowest BCUT2D eigenvalue weighted by Crippen LogP contribution is -2.18. The van der Waals surface area contributed by atoms with Gasteiger partial charge in [-0.2, -0.15) is 0 Å². The Labute approximate surface area is 178 Å². The van der Waals surface area contributed by atoms with E-state index in [4.69, 9.17) is 14.0 Å². The first kappa shape index (κ1) is 20.4. The van der Waals surface area contributed by atoms with Crippen LogP contribution in [0.2, 0.25) is 0 Å². The number of ether oxygens (including phenoxy) is 2. The van der Waals surface area contributed by atoms with Gasteiger partial charge in [-0.1, -0.05) is 16.9 Å². The lowest BCUT2D eigenvalue weighted by Gasteiger charge is -2.14. The molecule has 158 valence electrons. The molecule has 2 aromatic heterocycles. The van der Waals surface area contributed by atoms with Crippen molar-refractivity contribution in [1.82, 2.24) is 19.9 Å². The van der Waals surface area contributed by atoms with Crippen molar-refractivity contribution in [3.63, 3.8) is 0 Å². The lowest BCUT2D eigenvalue weighted by molar-refractivity contribution is -0.113. The fourth-order valence-electron chi connectivity index (χ4n) is 3.24. The van der Waals surface area contributed by atoms with Crippen LogP contribution in [0.15, 0.2) is 40.0 Å². The van der Waals surface area contributed by atoms with Gasteiger partial charge in [-0.3, -0.25) is 9.36 Å². The molecule has 30 heavy (non-hydrogen) atoms. The van der Waals surface area contributed by atoms with Gasteiger partial charge in [0, 0.05) is 18.2 Å². The molecule has 1 N–H and O–H groups in total. The molecule has 1 atom stereocenters. The molecule has 3 heterocycles. The minimum atomic E-state index is -0.189. The molecular formula is C20H23N5O4S. The van der Waals surface area contributed by atoms with Gasteiger partial charge in [-0.15, -0.1) is 10.2 Å². The lowest BCUT2D eigenvalue weighted by atomic mass is 10.2. The summed E-state index contributed by atoms with van der Waals surface area (Å²) >= 11 is 1.33. The molecule has 4 rings (SSSR count). The van der Waals surface area contributed by atoms with Gasteiger partial charge in [0.15, 0.2) is 16.8 Å². The number of hydrogen-bond acceptors (Lipinski definition) is 8. The Morgan fingerprint density at radius 3 is 2.83 bits per heavy atom. The van der Waals surface area contributed by atoms with Gasteiger partial charge < -0.3 is 19.3 Å². The number of anilines is 1. The van der Waals surface area contributed by atoms with Crippen LogP contribution in [0.3, 0.4) is 0 Å². The number of carbonyl (C=O) groups is 1. The number of nitrogens with one attached hydrogen (secondary N) is 1. The quantitative estimate of drug-likeness (QED) is 0.545. The van der Waals surface area contributed by atoms with Crippen LogP contribution >= 0.6 is 11.8 Å². The molecule has 0 aliphatic carbocycles. The van der Waals surface area contributed by atoms with E-state index in [1.165, 1.54) is 11.8 Å². The van der Waals surface area contributed by atoms with Crippen LogP contribution in [-0.4, -0.2) is 51.4 Å². The van der Waals surface area contributed by atoms with Gasteiger partial charge in [0.05, 0.1) is 25.5 Å². The van der Waals surface area contributed by atoms with Crippen LogP contribution in [0.25, 0.3) is 11.4 Å². The number of rotatable bonds is 8. The average Bonchev–Trinajstić information content (AvgIpc) is 3.49. The summed E-state index contributed by atoms with van der Waals surface area (Å²) in [6, 6.07) is 9.34. The molecule has 1 amide bonds. The number of aromatic nitrogens is 4. The van der Waals surface area contributed by atoms with E-state index in [2.05, 4.69) is 20.7 Å². The fraction of sp³-hybridized carbons (Fsp3) is 0.400. The number of carbonyl (C=O) groups excluding carboxylic acids is 1. The fourth-order valence-corrected chi connectivity index (χ4v) is 3.99. The number of benzene rings is 1. The van der Waals surface area contributed by atoms with E-state index in [1.54, 1.807) is 20.1 Å². The van der Waals surface area contributed by atoms with Gasteiger partial charge in [0.25, 0.3) is 0 Å². The summed E-state index contributed by atoms with van der Waals surface area (Å²) < 4.78 is 18.0. The molecule has 0 radical (unpaired) electrons. The maximum atomic E-state index is 12.3. The predicted octanol–water partition coefficient (Wildman–Crippen LogP) is 3.16. The van der Waals surface area contributed by atoms with Crippen molar-refractivity contribution >= 4 is 23.5 Å². The van der Waals surface area contributed by atoms with E-state index in [9.17, 15) is 4.79 Å². The summed E-state index contributed by atoms with van der Waals surface area (Å²) in [6.07, 6.45) is 2.16. The number of methoxy groups -OCH3 is 1. The average molecular weight is 430 g/mol. The summed E-state index contributed by atoms with van der Waals surface area (Å²) in [4.78, 5) is 12.3. The van der Waals surface area contributed by atoms with Crippen LogP contribution in [0, 0.1) is 6.92 Å². The first-order chi connectivity index (χ1) is 14.6. The van der Waals surface area contributed by atoms with Gasteiger partial charge in [0.2, 0.25) is 5.91 Å². The van der Waals surface area contributed by atoms with Crippen molar-refractivity contribution in [2.75, 3.05) is 24.8 Å². The maximum Gasteiger partial charge on any atom is 0.236 e. The number of hydrogen-bond donors (Lipinski definition) is 1. The third-order valence-electron chi connectivity index (χ3n) is 4.70. The van der Waals surface area contributed by atoms with Crippen molar-refractivity contribution in [3.8, 4) is 17.1 Å². The summed E-state index contributed by atoms with van der Waals surface area (Å²) in [7, 11) is 1.63. The molecule has 1 saturated heterocycles. The highest BCUT2D eigenvalue weighted by atomic mass is 32.2. The zero-order valence-electron chi connectivity index (χ0n) is 16.8. The predicted molar refractivity (Wildman–Crippen MR) is 112 cm³/mol. The molecule has 0 bridgehead atoms. The Morgan fingerprint density at radius 1 is 1.33 bits per heavy atom. The maximum absolute atomic E-state index is 12.3. The van der Waals surface area contributed by atoms with Gasteiger partial charge in [-0.05, 0) is 44.0 Å². The molecule has 1 aliphatic rings. The summed E-state index contributed by atoms with van der Waals surface area (Å²) in [6.45, 7) is 3.18. The standard InChI is InChI=1S/C20H23N5O4S/c1-13-10-17(24-29-13)21-18(26)12-30-20-23-22-19(14-5-7-15(27-2)8-6-14)25(20)11-16-4-3-9-28-16/h5-8,10,16H,3-4,9,11-12H2,1-2H3,(H,21,24,26). The van der Waals surface area contributed by atoms with Crippen LogP contribution < -0.4 is 10.1 Å². The number of nitrogens with zero attached hydrogens (tertiary/aromatic N) is 4. The van der Waals surface area contributed by atoms with E-state index < -0.39 is 0 Å². The van der Waals surface area contributed by atoms with Gasteiger partial charge in [-0.25, -0.2) is 0 Å². The highest BCUT2D eigenvalue weighted by Gasteiger charge is 2.22. The van der Waals surface area contributed by atoms with Gasteiger partial charge >= 0.3 is 0 Å². The van der Waals surface area contributed by atoms with Crippen molar-refractivity contribution in [2.45, 2.75) is 37.6 Å². The first-order valence-corrected chi connectivity index (χ1v) is 10.7. The Morgan fingerprint density at radius 2 is 2.17 bits per heavy atom. The first-order valence-electron chi connectivity index (χ1n) is 9.67. The van der Waals surface area contributed by atoms with E-state index in [0.29, 0.717) is 23.3 Å². The van der Waals surface area contributed by atoms with Crippen LogP contribution in [0.1, 0.15) is 18.6 Å². The number of aryl methyl sites for hydroxylation is 1. The van der Waals surface area contributed by atoms with Gasteiger partial charge in [0.1, 0.15) is 11.5 Å². The summed E-state index contributed by atoms with van der Waals surface area (Å²) in [5.41, 5.74) is 0.927. The number of amides is 1. The van der Waals surface area contributed by atoms with Crippen molar-refractivity contribution in [2.24, 2.45) is 0 Å². The zero-order chi connectivity index (χ0) is 20.9. The molecule has 10 heteroatoms. The Kier molecular flexibility index (Phi) is 6.34. The summed E-state index contributed by atoms with van der Waals surface area (Å²) in [5, 5.41) is 15.9. The monoisotopic (exact) mass is 429 g/mol. The van der Waals surface area contributed by atoms with E-state index in [1.807, 2.05) is 28.8 Å². The molecule has 0 saturated carbocycles. The van der Waals surface area contributed by atoms with Crippen molar-refractivity contribution < 1.29 is 18.8 Å². The molecule has 3 aromatic rings. The number of thioether (sulfide) groups is 1. The minimum Gasteiger partial charge on any atom is -0.497 e. The van der Waals surface area contributed by atoms with Crippen molar-refractivity contribution in [3.05, 3.63) is 36.1 Å². The van der Waals surface area contributed by atoms with Crippen LogP contribution in [0.5, 0.6) is 5.75 Å². The molecule has 9 nitrogen and oxygen atoms in total. The van der Waals surface area contributed by atoms with Crippen LogP contribution in [0.4, 0.5) is 5.82 Å². The Balaban J connectivity index is 1.50. The Bertz CT molecular complexity index is 995. The second-order valence-electron chi connectivity index (χ2n) is 6.94. The zero-order valence-corrected chi connectivity index (χ0v) is 17.6. The second-order valence-corrected chi connectivity index (χ2v) is 7.88. The smallest absolute Gasteiger partial charge is 0.236 e. The second kappa shape index (κ2) is 9.31. The third-order valence-corrected chi connectivity index (χ3v) is 5.67. The largest absolute Gasteiger partial charge is 0.497 e. The minimum absolute atomic E-state index is 0.115. The topological polar surface area (TPSA) is 104 Å². The molecule has 0 spiro atoms. The third kappa shape index (κ3) is 4.82. The molecular weight excluding hydrogens is 406 g/mol. The molecule has 1 aromatic carbocycles.